The van der Waals surface area contributed by atoms with Crippen LogP contribution in [0.25, 0.3) is 0 Å². The molecule has 0 aromatic rings. The molecule has 3 aliphatic rings. The molecule has 0 N–H and O–H groups in total. The van der Waals surface area contributed by atoms with Gasteiger partial charge in [0.2, 0.25) is 0 Å². The van der Waals surface area contributed by atoms with Crippen molar-refractivity contribution >= 4 is 5.97 Å². The predicted molar refractivity (Wildman–Crippen MR) is 49.3 cm³/mol. The van der Waals surface area contributed by atoms with E-state index in [-0.39, 0.29) is 11.5 Å². The number of piperidine rings is 2. The van der Waals surface area contributed by atoms with Crippen LogP contribution in [-0.4, -0.2) is 37.1 Å². The lowest BCUT2D eigenvalue weighted by Gasteiger charge is -2.50. The van der Waals surface area contributed by atoms with Crippen molar-refractivity contribution in [3.63, 3.8) is 0 Å². The van der Waals surface area contributed by atoms with Crippen LogP contribution in [0.1, 0.15) is 25.7 Å². The molecule has 0 atom stereocenters. The molecule has 1 aliphatic carbocycles. The Morgan fingerprint density at radius 3 is 2.54 bits per heavy atom. The van der Waals surface area contributed by atoms with Crippen molar-refractivity contribution in [3.05, 3.63) is 0 Å². The first-order valence-corrected chi connectivity index (χ1v) is 4.99. The fraction of sp³-hybridized carbons (Fsp3) is 0.900. The van der Waals surface area contributed by atoms with E-state index in [2.05, 4.69) is 4.90 Å². The first-order chi connectivity index (χ1) is 6.19. The third-order valence-corrected chi connectivity index (χ3v) is 3.76. The number of ether oxygens (including phenoxy) is 1. The number of carbonyl (C=O) groups is 1. The van der Waals surface area contributed by atoms with Gasteiger partial charge in [-0.05, 0) is 38.6 Å². The van der Waals surface area contributed by atoms with Gasteiger partial charge in [0.15, 0.2) is 0 Å². The first kappa shape index (κ1) is 9.00. The number of hydrogen-bond acceptors (Lipinski definition) is 3. The standard InChI is InChI=1S/C10H17NO2/c1-11-7-8-3-5-10(11,6-4-8)9(12)13-2/h8H,3-7H2,1-2H3. The smallest absolute Gasteiger partial charge is 0.326 e. The Labute approximate surface area is 79.0 Å². The molecule has 0 amide bonds. The highest BCUT2D eigenvalue weighted by Crippen LogP contribution is 2.42. The lowest BCUT2D eigenvalue weighted by Crippen LogP contribution is -2.61. The van der Waals surface area contributed by atoms with Crippen LogP contribution >= 0.6 is 0 Å². The minimum atomic E-state index is -0.274. The molecule has 0 unspecified atom stereocenters. The summed E-state index contributed by atoms with van der Waals surface area (Å²) >= 11 is 0. The second-order valence-corrected chi connectivity index (χ2v) is 4.35. The van der Waals surface area contributed by atoms with E-state index in [1.807, 2.05) is 7.05 Å². The summed E-state index contributed by atoms with van der Waals surface area (Å²) in [5, 5.41) is 0. The fourth-order valence-electron chi connectivity index (χ4n) is 2.83. The summed E-state index contributed by atoms with van der Waals surface area (Å²) in [6, 6.07) is 0. The fourth-order valence-corrected chi connectivity index (χ4v) is 2.83. The van der Waals surface area contributed by atoms with E-state index in [0.29, 0.717) is 0 Å². The zero-order valence-electron chi connectivity index (χ0n) is 8.38. The molecular formula is C10H17NO2. The molecule has 2 bridgehead atoms. The summed E-state index contributed by atoms with van der Waals surface area (Å²) in [6.07, 6.45) is 4.36. The molecule has 0 aromatic carbocycles. The number of fused-ring (bicyclic) bond motifs is 3. The van der Waals surface area contributed by atoms with E-state index >= 15 is 0 Å². The molecule has 2 saturated heterocycles. The summed E-state index contributed by atoms with van der Waals surface area (Å²) in [5.41, 5.74) is -0.274. The Hall–Kier alpha value is -0.570. The number of methoxy groups -OCH3 is 1. The molecule has 2 heterocycles. The second-order valence-electron chi connectivity index (χ2n) is 4.35. The third kappa shape index (κ3) is 1.17. The van der Waals surface area contributed by atoms with Crippen LogP contribution in [0, 0.1) is 5.92 Å². The maximum atomic E-state index is 11.7. The Kier molecular flexibility index (Phi) is 2.06. The van der Waals surface area contributed by atoms with Crippen LogP contribution in [0.15, 0.2) is 0 Å². The molecule has 3 nitrogen and oxygen atoms in total. The minimum absolute atomic E-state index is 0.0341. The molecule has 74 valence electrons. The van der Waals surface area contributed by atoms with Crippen molar-refractivity contribution in [3.8, 4) is 0 Å². The molecule has 3 rings (SSSR count). The molecule has 0 spiro atoms. The molecule has 0 radical (unpaired) electrons. The van der Waals surface area contributed by atoms with Crippen molar-refractivity contribution < 1.29 is 9.53 Å². The Balaban J connectivity index is 2.22. The molecule has 1 saturated carbocycles. The van der Waals surface area contributed by atoms with Gasteiger partial charge in [-0.1, -0.05) is 0 Å². The minimum Gasteiger partial charge on any atom is -0.468 e. The largest absolute Gasteiger partial charge is 0.468 e. The number of esters is 1. The predicted octanol–water partition coefficient (Wildman–Crippen LogP) is 1.03. The number of carbonyl (C=O) groups excluding carboxylic acids is 1. The summed E-state index contributed by atoms with van der Waals surface area (Å²) in [7, 11) is 3.54. The maximum Gasteiger partial charge on any atom is 0.326 e. The molecule has 13 heavy (non-hydrogen) atoms. The number of nitrogens with zero attached hydrogens (tertiary/aromatic N) is 1. The number of rotatable bonds is 1. The normalized spacial score (nSPS) is 39.1. The Morgan fingerprint density at radius 2 is 2.08 bits per heavy atom. The van der Waals surface area contributed by atoms with Gasteiger partial charge in [-0.25, -0.2) is 0 Å². The van der Waals surface area contributed by atoms with Crippen LogP contribution in [-0.2, 0) is 9.53 Å². The van der Waals surface area contributed by atoms with Gasteiger partial charge in [-0.3, -0.25) is 9.69 Å². The van der Waals surface area contributed by atoms with Gasteiger partial charge in [0.25, 0.3) is 0 Å². The lowest BCUT2D eigenvalue weighted by atomic mass is 9.71. The summed E-state index contributed by atoms with van der Waals surface area (Å²) in [5.74, 6) is 0.782. The Morgan fingerprint density at radius 1 is 1.46 bits per heavy atom. The summed E-state index contributed by atoms with van der Waals surface area (Å²) < 4.78 is 4.90. The van der Waals surface area contributed by atoms with E-state index in [1.54, 1.807) is 0 Å². The van der Waals surface area contributed by atoms with E-state index in [0.717, 1.165) is 25.3 Å². The van der Waals surface area contributed by atoms with E-state index < -0.39 is 0 Å². The highest BCUT2D eigenvalue weighted by Gasteiger charge is 2.50. The van der Waals surface area contributed by atoms with Gasteiger partial charge in [-0.15, -0.1) is 0 Å². The van der Waals surface area contributed by atoms with Crippen molar-refractivity contribution in [2.24, 2.45) is 5.92 Å². The average molecular weight is 183 g/mol. The maximum absolute atomic E-state index is 11.7. The summed E-state index contributed by atoms with van der Waals surface area (Å²) in [6.45, 7) is 1.06. The topological polar surface area (TPSA) is 29.5 Å². The molecule has 0 aromatic heterocycles. The molecule has 3 heteroatoms. The van der Waals surface area contributed by atoms with Gasteiger partial charge < -0.3 is 4.74 Å². The van der Waals surface area contributed by atoms with Crippen LogP contribution in [0.5, 0.6) is 0 Å². The monoisotopic (exact) mass is 183 g/mol. The van der Waals surface area contributed by atoms with Crippen molar-refractivity contribution in [2.75, 3.05) is 20.7 Å². The average Bonchev–Trinajstić information content (AvgIpc) is 2.18. The quantitative estimate of drug-likeness (QED) is 0.569. The van der Waals surface area contributed by atoms with E-state index in [1.165, 1.54) is 20.0 Å². The first-order valence-electron chi connectivity index (χ1n) is 4.99. The number of likely N-dealkylation sites (N-methyl/N-ethyl adjacent to an activating group) is 1. The van der Waals surface area contributed by atoms with Crippen LogP contribution in [0.4, 0.5) is 0 Å². The second kappa shape index (κ2) is 2.98. The van der Waals surface area contributed by atoms with E-state index in [9.17, 15) is 4.79 Å². The van der Waals surface area contributed by atoms with E-state index in [4.69, 9.17) is 4.74 Å². The van der Waals surface area contributed by atoms with Gasteiger partial charge >= 0.3 is 5.97 Å². The molecule has 3 fully saturated rings. The third-order valence-electron chi connectivity index (χ3n) is 3.76. The van der Waals surface area contributed by atoms with Gasteiger partial charge in [0, 0.05) is 6.54 Å². The van der Waals surface area contributed by atoms with Crippen molar-refractivity contribution in [1.82, 2.24) is 4.90 Å². The zero-order valence-corrected chi connectivity index (χ0v) is 8.38. The van der Waals surface area contributed by atoms with Gasteiger partial charge in [0.1, 0.15) is 5.54 Å². The number of hydrogen-bond donors (Lipinski definition) is 0. The lowest BCUT2D eigenvalue weighted by molar-refractivity contribution is -0.163. The van der Waals surface area contributed by atoms with Gasteiger partial charge in [0.05, 0.1) is 7.11 Å². The SMILES string of the molecule is COC(=O)C12CCC(CC1)CN2C. The van der Waals surface area contributed by atoms with Gasteiger partial charge in [-0.2, -0.15) is 0 Å². The molecule has 2 aliphatic heterocycles. The van der Waals surface area contributed by atoms with Crippen molar-refractivity contribution in [2.45, 2.75) is 31.2 Å². The van der Waals surface area contributed by atoms with Crippen LogP contribution in [0.2, 0.25) is 0 Å². The zero-order chi connectivity index (χ0) is 9.47. The molecular weight excluding hydrogens is 166 g/mol. The Bertz CT molecular complexity index is 219. The van der Waals surface area contributed by atoms with Crippen molar-refractivity contribution in [1.29, 1.82) is 0 Å². The highest BCUT2D eigenvalue weighted by molar-refractivity contribution is 5.81. The summed E-state index contributed by atoms with van der Waals surface area (Å²) in [4.78, 5) is 13.9. The van der Waals surface area contributed by atoms with Crippen LogP contribution in [0.3, 0.4) is 0 Å². The van der Waals surface area contributed by atoms with Crippen LogP contribution < -0.4 is 0 Å². The highest BCUT2D eigenvalue weighted by atomic mass is 16.5.